The average Bonchev–Trinajstić information content (AvgIpc) is 3.32. The van der Waals surface area contributed by atoms with Crippen LogP contribution in [-0.2, 0) is 33.3 Å². The van der Waals surface area contributed by atoms with Crippen molar-refractivity contribution in [1.29, 1.82) is 0 Å². The molecule has 1 spiro atoms. The molecule has 2 aliphatic heterocycles. The Morgan fingerprint density at radius 2 is 2.22 bits per heavy atom. The normalized spacial score (nSPS) is 22.9. The van der Waals surface area contributed by atoms with Gasteiger partial charge in [0.1, 0.15) is 5.76 Å². The Labute approximate surface area is 159 Å². The van der Waals surface area contributed by atoms with Gasteiger partial charge in [-0.3, -0.25) is 0 Å². The maximum absolute atomic E-state index is 12.3. The molecular formula is C18H24N4O4S. The van der Waals surface area contributed by atoms with Crippen molar-refractivity contribution < 1.29 is 17.6 Å². The number of nitrogens with one attached hydrogen (secondary N) is 1. The van der Waals surface area contributed by atoms with E-state index in [9.17, 15) is 8.42 Å². The number of aryl methyl sites for hydroxylation is 1. The molecule has 0 radical (unpaired) electrons. The van der Waals surface area contributed by atoms with Crippen LogP contribution in [0.5, 0.6) is 0 Å². The molecule has 4 heterocycles. The molecule has 146 valence electrons. The maximum Gasteiger partial charge on any atom is 0.223 e. The number of aromatic nitrogens is 2. The van der Waals surface area contributed by atoms with Crippen LogP contribution in [0.1, 0.15) is 36.1 Å². The van der Waals surface area contributed by atoms with E-state index in [0.29, 0.717) is 45.2 Å². The number of furan rings is 1. The number of sulfonamides is 1. The molecule has 4 rings (SSSR count). The molecular weight excluding hydrogens is 368 g/mol. The van der Waals surface area contributed by atoms with Gasteiger partial charge in [0.15, 0.2) is 0 Å². The highest BCUT2D eigenvalue weighted by Crippen LogP contribution is 2.41. The van der Waals surface area contributed by atoms with Gasteiger partial charge in [-0.05, 0) is 32.4 Å². The summed E-state index contributed by atoms with van der Waals surface area (Å²) in [7, 11) is -3.23. The highest BCUT2D eigenvalue weighted by Gasteiger charge is 2.48. The van der Waals surface area contributed by atoms with Crippen molar-refractivity contribution in [2.45, 2.75) is 38.8 Å². The predicted octanol–water partition coefficient (Wildman–Crippen LogP) is 1.81. The number of hydrogen-bond donors (Lipinski definition) is 1. The van der Waals surface area contributed by atoms with E-state index in [2.05, 4.69) is 10.3 Å². The first-order valence-corrected chi connectivity index (χ1v) is 10.7. The van der Waals surface area contributed by atoms with Crippen molar-refractivity contribution in [2.75, 3.05) is 30.8 Å². The van der Waals surface area contributed by atoms with Gasteiger partial charge in [-0.15, -0.1) is 0 Å². The van der Waals surface area contributed by atoms with E-state index in [1.54, 1.807) is 17.5 Å². The minimum absolute atomic E-state index is 0.107. The molecule has 1 atom stereocenters. The summed E-state index contributed by atoms with van der Waals surface area (Å²) in [5, 5.41) is 3.21. The molecule has 1 unspecified atom stereocenters. The average molecular weight is 392 g/mol. The van der Waals surface area contributed by atoms with E-state index in [1.807, 2.05) is 19.1 Å². The van der Waals surface area contributed by atoms with Crippen molar-refractivity contribution in [3.8, 4) is 0 Å². The van der Waals surface area contributed by atoms with E-state index in [0.717, 1.165) is 22.7 Å². The highest BCUT2D eigenvalue weighted by atomic mass is 32.2. The Kier molecular flexibility index (Phi) is 4.69. The van der Waals surface area contributed by atoms with Gasteiger partial charge in [0.25, 0.3) is 0 Å². The van der Waals surface area contributed by atoms with Crippen molar-refractivity contribution in [3.05, 3.63) is 41.1 Å². The maximum atomic E-state index is 12.3. The highest BCUT2D eigenvalue weighted by molar-refractivity contribution is 7.89. The first-order valence-electron chi connectivity index (χ1n) is 9.13. The van der Waals surface area contributed by atoms with E-state index in [1.165, 1.54) is 0 Å². The van der Waals surface area contributed by atoms with E-state index in [4.69, 9.17) is 14.1 Å². The van der Waals surface area contributed by atoms with Gasteiger partial charge in [0, 0.05) is 24.3 Å². The summed E-state index contributed by atoms with van der Waals surface area (Å²) >= 11 is 0. The monoisotopic (exact) mass is 392 g/mol. The Balaban J connectivity index is 1.65. The molecule has 9 heteroatoms. The quantitative estimate of drug-likeness (QED) is 0.829. The second-order valence-electron chi connectivity index (χ2n) is 7.15. The summed E-state index contributed by atoms with van der Waals surface area (Å²) in [4.78, 5) is 9.33. The molecule has 0 amide bonds. The van der Waals surface area contributed by atoms with Crippen LogP contribution in [0.2, 0.25) is 0 Å². The fourth-order valence-electron chi connectivity index (χ4n) is 3.85. The van der Waals surface area contributed by atoms with E-state index >= 15 is 0 Å². The number of ether oxygens (including phenoxy) is 1. The molecule has 2 aliphatic rings. The Morgan fingerprint density at radius 1 is 1.37 bits per heavy atom. The van der Waals surface area contributed by atoms with Crippen LogP contribution in [-0.4, -0.2) is 48.1 Å². The summed E-state index contributed by atoms with van der Waals surface area (Å²) in [5.74, 6) is 1.43. The molecule has 0 bridgehead atoms. The zero-order chi connectivity index (χ0) is 19.1. The molecule has 0 aromatic carbocycles. The number of anilines is 1. The van der Waals surface area contributed by atoms with Crippen LogP contribution in [0.25, 0.3) is 0 Å². The summed E-state index contributed by atoms with van der Waals surface area (Å²) in [5.41, 5.74) is 2.33. The lowest BCUT2D eigenvalue weighted by atomic mass is 9.80. The van der Waals surface area contributed by atoms with Crippen molar-refractivity contribution in [1.82, 2.24) is 14.3 Å². The Bertz CT molecular complexity index is 929. The van der Waals surface area contributed by atoms with Crippen molar-refractivity contribution in [2.24, 2.45) is 0 Å². The van der Waals surface area contributed by atoms with Crippen LogP contribution in [0.4, 0.5) is 5.95 Å². The minimum Gasteiger partial charge on any atom is -0.467 e. The molecule has 1 N–H and O–H groups in total. The molecule has 27 heavy (non-hydrogen) atoms. The summed E-state index contributed by atoms with van der Waals surface area (Å²) < 4.78 is 37.4. The summed E-state index contributed by atoms with van der Waals surface area (Å²) in [6.45, 7) is 5.95. The lowest BCUT2D eigenvalue weighted by molar-refractivity contribution is 0.0527. The molecule has 1 fully saturated rings. The molecule has 8 nitrogen and oxygen atoms in total. The second kappa shape index (κ2) is 6.88. The lowest BCUT2D eigenvalue weighted by Crippen LogP contribution is -2.42. The molecule has 2 aromatic rings. The molecule has 0 aliphatic carbocycles. The zero-order valence-corrected chi connectivity index (χ0v) is 16.4. The third-order valence-electron chi connectivity index (χ3n) is 5.42. The standard InChI is InChI=1S/C18H24N4O4S/c1-3-27(23,24)22-7-6-18(11-22)12-25-10-15-13(2)20-17(21-16(15)18)19-9-14-5-4-8-26-14/h4-5,8H,3,6-7,9-12H2,1-2H3,(H,19,20,21). The zero-order valence-electron chi connectivity index (χ0n) is 15.6. The number of nitrogens with zero attached hydrogens (tertiary/aromatic N) is 3. The third kappa shape index (κ3) is 3.35. The van der Waals surface area contributed by atoms with Crippen molar-refractivity contribution in [3.63, 3.8) is 0 Å². The first-order chi connectivity index (χ1) is 12.9. The Hall–Kier alpha value is -1.97. The van der Waals surface area contributed by atoms with Crippen LogP contribution in [0.15, 0.2) is 22.8 Å². The van der Waals surface area contributed by atoms with E-state index in [-0.39, 0.29) is 5.75 Å². The van der Waals surface area contributed by atoms with Crippen molar-refractivity contribution >= 4 is 16.0 Å². The molecule has 2 aromatic heterocycles. The molecule has 1 saturated heterocycles. The number of hydrogen-bond acceptors (Lipinski definition) is 7. The van der Waals surface area contributed by atoms with Gasteiger partial charge >= 0.3 is 0 Å². The topological polar surface area (TPSA) is 97.6 Å². The molecule has 0 saturated carbocycles. The van der Waals surface area contributed by atoms with Gasteiger partial charge in [0.05, 0.1) is 42.9 Å². The van der Waals surface area contributed by atoms with Gasteiger partial charge in [0.2, 0.25) is 16.0 Å². The first kappa shape index (κ1) is 18.4. The van der Waals surface area contributed by atoms with Gasteiger partial charge < -0.3 is 14.5 Å². The van der Waals surface area contributed by atoms with Gasteiger partial charge in [-0.1, -0.05) is 0 Å². The lowest BCUT2D eigenvalue weighted by Gasteiger charge is -2.35. The minimum atomic E-state index is -3.23. The largest absolute Gasteiger partial charge is 0.467 e. The third-order valence-corrected chi connectivity index (χ3v) is 7.25. The van der Waals surface area contributed by atoms with Crippen LogP contribution < -0.4 is 5.32 Å². The number of fused-ring (bicyclic) bond motifs is 2. The number of rotatable bonds is 5. The van der Waals surface area contributed by atoms with Gasteiger partial charge in [-0.25, -0.2) is 22.7 Å². The van der Waals surface area contributed by atoms with Crippen LogP contribution in [0.3, 0.4) is 0 Å². The fourth-order valence-corrected chi connectivity index (χ4v) is 5.03. The SMILES string of the molecule is CCS(=O)(=O)N1CCC2(COCc3c(C)nc(NCc4ccco4)nc32)C1. The van der Waals surface area contributed by atoms with Gasteiger partial charge in [-0.2, -0.15) is 0 Å². The van der Waals surface area contributed by atoms with Crippen LogP contribution in [0, 0.1) is 6.92 Å². The van der Waals surface area contributed by atoms with Crippen LogP contribution >= 0.6 is 0 Å². The second-order valence-corrected chi connectivity index (χ2v) is 9.41. The summed E-state index contributed by atoms with van der Waals surface area (Å²) in [6, 6.07) is 3.72. The van der Waals surface area contributed by atoms with E-state index < -0.39 is 15.4 Å². The fraction of sp³-hybridized carbons (Fsp3) is 0.556. The smallest absolute Gasteiger partial charge is 0.223 e. The Morgan fingerprint density at radius 3 is 2.96 bits per heavy atom. The summed E-state index contributed by atoms with van der Waals surface area (Å²) in [6.07, 6.45) is 2.33. The predicted molar refractivity (Wildman–Crippen MR) is 99.8 cm³/mol.